The van der Waals surface area contributed by atoms with Crippen LogP contribution >= 0.6 is 11.6 Å². The molecule has 2 amide bonds. The van der Waals surface area contributed by atoms with Gasteiger partial charge in [-0.1, -0.05) is 11.6 Å². The summed E-state index contributed by atoms with van der Waals surface area (Å²) in [5.41, 5.74) is 0.0715. The zero-order valence-electron chi connectivity index (χ0n) is 7.71. The van der Waals surface area contributed by atoms with Gasteiger partial charge < -0.3 is 0 Å². The maximum atomic E-state index is 12.8. The Morgan fingerprint density at radius 2 is 1.38 bits per heavy atom. The van der Waals surface area contributed by atoms with Crippen LogP contribution in [0.25, 0.3) is 0 Å². The molecule has 16 heavy (non-hydrogen) atoms. The summed E-state index contributed by atoms with van der Waals surface area (Å²) in [5.74, 6) is -5.94. The third-order valence-corrected chi connectivity index (χ3v) is 2.31. The number of benzene rings is 1. The van der Waals surface area contributed by atoms with Crippen molar-refractivity contribution in [2.75, 3.05) is 4.90 Å². The largest absolute Gasteiger partial charge is 0.297 e. The lowest BCUT2D eigenvalue weighted by molar-refractivity contribution is -0.121. The normalized spacial score (nSPS) is 16.3. The van der Waals surface area contributed by atoms with Gasteiger partial charge in [0.1, 0.15) is 0 Å². The summed E-state index contributed by atoms with van der Waals surface area (Å²) in [6.45, 7) is 0. The number of carbonyl (C=O) groups excluding carboxylic acids is 2. The maximum Gasteiger partial charge on any atom is 0.297 e. The van der Waals surface area contributed by atoms with Crippen LogP contribution in [0.3, 0.4) is 0 Å². The van der Waals surface area contributed by atoms with Gasteiger partial charge in [-0.3, -0.25) is 9.59 Å². The summed E-state index contributed by atoms with van der Waals surface area (Å²) >= 11 is 5.60. The molecule has 0 unspecified atom stereocenters. The standard InChI is InChI=1S/C10H4ClF2NO2/c11-5-1-3-6(4-2-5)14-9(15)7(12)8(13)10(14)16/h1-4H. The topological polar surface area (TPSA) is 37.4 Å². The van der Waals surface area contributed by atoms with E-state index in [0.29, 0.717) is 9.92 Å². The Morgan fingerprint density at radius 1 is 0.938 bits per heavy atom. The summed E-state index contributed by atoms with van der Waals surface area (Å²) in [7, 11) is 0. The molecular formula is C10H4ClF2NO2. The van der Waals surface area contributed by atoms with E-state index >= 15 is 0 Å². The quantitative estimate of drug-likeness (QED) is 0.710. The summed E-state index contributed by atoms with van der Waals surface area (Å²) < 4.78 is 25.7. The molecule has 1 aromatic carbocycles. The lowest BCUT2D eigenvalue weighted by atomic mass is 10.3. The van der Waals surface area contributed by atoms with Crippen LogP contribution in [0.1, 0.15) is 0 Å². The van der Waals surface area contributed by atoms with E-state index in [0.717, 1.165) is 0 Å². The van der Waals surface area contributed by atoms with Crippen LogP contribution in [0, 0.1) is 0 Å². The Labute approximate surface area is 93.9 Å². The molecule has 0 N–H and O–H groups in total. The van der Waals surface area contributed by atoms with Crippen molar-refractivity contribution in [3.05, 3.63) is 40.9 Å². The molecule has 6 heteroatoms. The molecule has 0 radical (unpaired) electrons. The van der Waals surface area contributed by atoms with Gasteiger partial charge in [0, 0.05) is 5.02 Å². The van der Waals surface area contributed by atoms with Gasteiger partial charge in [-0.15, -0.1) is 0 Å². The molecule has 82 valence electrons. The molecule has 1 aromatic rings. The number of hydrogen-bond acceptors (Lipinski definition) is 2. The molecule has 3 nitrogen and oxygen atoms in total. The fourth-order valence-electron chi connectivity index (χ4n) is 1.30. The van der Waals surface area contributed by atoms with Crippen molar-refractivity contribution in [1.82, 2.24) is 0 Å². The molecule has 0 fully saturated rings. The number of carbonyl (C=O) groups is 2. The van der Waals surface area contributed by atoms with Crippen LogP contribution in [-0.2, 0) is 9.59 Å². The molecule has 0 aromatic heterocycles. The van der Waals surface area contributed by atoms with Crippen LogP contribution in [0.4, 0.5) is 14.5 Å². The highest BCUT2D eigenvalue weighted by Gasteiger charge is 2.40. The highest BCUT2D eigenvalue weighted by molar-refractivity contribution is 6.32. The van der Waals surface area contributed by atoms with E-state index in [9.17, 15) is 18.4 Å². The zero-order chi connectivity index (χ0) is 11.9. The molecule has 0 saturated heterocycles. The van der Waals surface area contributed by atoms with Gasteiger partial charge in [0.2, 0.25) is 11.7 Å². The van der Waals surface area contributed by atoms with Crippen molar-refractivity contribution in [3.63, 3.8) is 0 Å². The molecule has 0 saturated carbocycles. The Hall–Kier alpha value is -1.75. The highest BCUT2D eigenvalue weighted by atomic mass is 35.5. The van der Waals surface area contributed by atoms with Crippen LogP contribution in [0.15, 0.2) is 35.9 Å². The first-order valence-electron chi connectivity index (χ1n) is 4.22. The predicted molar refractivity (Wildman–Crippen MR) is 53.2 cm³/mol. The van der Waals surface area contributed by atoms with Gasteiger partial charge in [0.25, 0.3) is 11.8 Å². The van der Waals surface area contributed by atoms with E-state index in [1.54, 1.807) is 0 Å². The first-order valence-corrected chi connectivity index (χ1v) is 4.60. The molecule has 1 aliphatic heterocycles. The third-order valence-electron chi connectivity index (χ3n) is 2.06. The van der Waals surface area contributed by atoms with Gasteiger partial charge in [-0.2, -0.15) is 8.78 Å². The van der Waals surface area contributed by atoms with Crippen molar-refractivity contribution in [1.29, 1.82) is 0 Å². The SMILES string of the molecule is O=C1C(F)=C(F)C(=O)N1c1ccc(Cl)cc1. The van der Waals surface area contributed by atoms with Gasteiger partial charge >= 0.3 is 0 Å². The van der Waals surface area contributed by atoms with E-state index in [4.69, 9.17) is 11.6 Å². The Bertz CT molecular complexity index is 486. The molecule has 0 spiro atoms. The number of hydrogen-bond donors (Lipinski definition) is 0. The minimum atomic E-state index is -1.67. The average molecular weight is 244 g/mol. The summed E-state index contributed by atoms with van der Waals surface area (Å²) in [5, 5.41) is 0.386. The van der Waals surface area contributed by atoms with Crippen molar-refractivity contribution in [3.8, 4) is 0 Å². The molecule has 1 aliphatic rings. The average Bonchev–Trinajstić information content (AvgIpc) is 2.46. The second-order valence-electron chi connectivity index (χ2n) is 3.05. The van der Waals surface area contributed by atoms with Crippen LogP contribution in [-0.4, -0.2) is 11.8 Å². The second-order valence-corrected chi connectivity index (χ2v) is 3.49. The second kappa shape index (κ2) is 3.68. The summed E-state index contributed by atoms with van der Waals surface area (Å²) in [6.07, 6.45) is 0. The first kappa shape index (κ1) is 10.8. The molecule has 0 bridgehead atoms. The first-order chi connectivity index (χ1) is 7.52. The summed E-state index contributed by atoms with van der Waals surface area (Å²) in [6, 6.07) is 5.46. The number of halogens is 3. The third kappa shape index (κ3) is 1.49. The molecule has 1 heterocycles. The van der Waals surface area contributed by atoms with Crippen molar-refractivity contribution in [2.45, 2.75) is 0 Å². The fourth-order valence-corrected chi connectivity index (χ4v) is 1.43. The zero-order valence-corrected chi connectivity index (χ0v) is 8.46. The highest BCUT2D eigenvalue weighted by Crippen LogP contribution is 2.28. The van der Waals surface area contributed by atoms with Crippen molar-refractivity contribution >= 4 is 29.1 Å². The van der Waals surface area contributed by atoms with Crippen molar-refractivity contribution in [2.24, 2.45) is 0 Å². The van der Waals surface area contributed by atoms with Gasteiger partial charge in [-0.25, -0.2) is 4.90 Å². The number of imide groups is 1. The predicted octanol–water partition coefficient (Wildman–Crippen LogP) is 2.36. The van der Waals surface area contributed by atoms with Gasteiger partial charge in [0.15, 0.2) is 0 Å². The molecule has 0 aliphatic carbocycles. The lowest BCUT2D eigenvalue weighted by Crippen LogP contribution is -2.30. The van der Waals surface area contributed by atoms with Crippen LogP contribution in [0.5, 0.6) is 0 Å². The molecular weight excluding hydrogens is 240 g/mol. The summed E-state index contributed by atoms with van der Waals surface area (Å²) in [4.78, 5) is 22.8. The number of nitrogens with zero attached hydrogens (tertiary/aromatic N) is 1. The Balaban J connectivity index is 2.42. The van der Waals surface area contributed by atoms with Crippen LogP contribution in [0.2, 0.25) is 5.02 Å². The van der Waals surface area contributed by atoms with E-state index in [2.05, 4.69) is 0 Å². The Kier molecular flexibility index (Phi) is 2.47. The van der Waals surface area contributed by atoms with Crippen molar-refractivity contribution < 1.29 is 18.4 Å². The number of anilines is 1. The van der Waals surface area contributed by atoms with E-state index in [-0.39, 0.29) is 5.69 Å². The maximum absolute atomic E-state index is 12.8. The molecule has 2 rings (SSSR count). The lowest BCUT2D eigenvalue weighted by Gasteiger charge is -2.12. The smallest absolute Gasteiger partial charge is 0.265 e. The van der Waals surface area contributed by atoms with Crippen LogP contribution < -0.4 is 4.90 Å². The Morgan fingerprint density at radius 3 is 1.81 bits per heavy atom. The van der Waals surface area contributed by atoms with E-state index in [1.165, 1.54) is 24.3 Å². The molecule has 0 atom stereocenters. The number of rotatable bonds is 1. The minimum Gasteiger partial charge on any atom is -0.265 e. The minimum absolute atomic E-state index is 0.0715. The van der Waals surface area contributed by atoms with E-state index in [1.807, 2.05) is 0 Å². The van der Waals surface area contributed by atoms with Gasteiger partial charge in [0.05, 0.1) is 5.69 Å². The van der Waals surface area contributed by atoms with Gasteiger partial charge in [-0.05, 0) is 24.3 Å². The number of amides is 2. The van der Waals surface area contributed by atoms with E-state index < -0.39 is 23.5 Å². The monoisotopic (exact) mass is 243 g/mol. The fraction of sp³-hybridized carbons (Fsp3) is 0.